The molecule has 0 saturated carbocycles. The van der Waals surface area contributed by atoms with Crippen molar-refractivity contribution in [2.75, 3.05) is 17.6 Å². The number of nitrogens with zero attached hydrogens (tertiary/aromatic N) is 4. The molecule has 21 heavy (non-hydrogen) atoms. The van der Waals surface area contributed by atoms with Crippen LogP contribution in [0.1, 0.15) is 29.1 Å². The first-order valence-electron chi connectivity index (χ1n) is 6.59. The predicted molar refractivity (Wildman–Crippen MR) is 81.9 cm³/mol. The number of nitrogens with two attached hydrogens (primary N) is 1. The fourth-order valence-electron chi connectivity index (χ4n) is 2.21. The van der Waals surface area contributed by atoms with Gasteiger partial charge in [0.05, 0.1) is 22.8 Å². The van der Waals surface area contributed by atoms with Crippen LogP contribution in [0.15, 0.2) is 23.5 Å². The van der Waals surface area contributed by atoms with Gasteiger partial charge in [-0.3, -0.25) is 4.98 Å². The van der Waals surface area contributed by atoms with E-state index in [0.29, 0.717) is 11.0 Å². The highest BCUT2D eigenvalue weighted by Gasteiger charge is 2.16. The molecule has 1 atom stereocenters. The summed E-state index contributed by atoms with van der Waals surface area (Å²) in [5, 5.41) is 12.8. The van der Waals surface area contributed by atoms with Gasteiger partial charge in [0.25, 0.3) is 0 Å². The molecule has 0 aliphatic carbocycles. The number of aromatic nitrogens is 3. The van der Waals surface area contributed by atoms with Crippen LogP contribution in [0.3, 0.4) is 0 Å². The molecule has 1 unspecified atom stereocenters. The number of rotatable bonds is 3. The van der Waals surface area contributed by atoms with Gasteiger partial charge < -0.3 is 11.1 Å². The van der Waals surface area contributed by atoms with E-state index in [4.69, 9.17) is 11.0 Å². The molecule has 3 rings (SSSR count). The number of pyridine rings is 1. The SMILES string of the molecule is CC(Sc1nc(N)cc(C#N)n1)c1cc2c(cn1)NCC2. The highest BCUT2D eigenvalue weighted by molar-refractivity contribution is 7.99. The Balaban J connectivity index is 1.82. The molecule has 106 valence electrons. The Hall–Kier alpha value is -2.33. The molecule has 0 aromatic carbocycles. The van der Waals surface area contributed by atoms with Crippen molar-refractivity contribution in [3.05, 3.63) is 35.3 Å². The van der Waals surface area contributed by atoms with E-state index in [1.54, 1.807) is 0 Å². The van der Waals surface area contributed by atoms with E-state index in [1.165, 1.54) is 23.4 Å². The molecule has 0 bridgehead atoms. The summed E-state index contributed by atoms with van der Waals surface area (Å²) in [5.74, 6) is 0.308. The van der Waals surface area contributed by atoms with Gasteiger partial charge in [-0.25, -0.2) is 9.97 Å². The minimum absolute atomic E-state index is 0.0873. The standard InChI is InChI=1S/C14H14N6S/c1-8(11-4-9-2-3-17-12(9)7-18-11)21-14-19-10(6-15)5-13(16)20-14/h4-5,7-8,17H,2-3H2,1H3,(H2,16,19,20). The van der Waals surface area contributed by atoms with Crippen LogP contribution >= 0.6 is 11.8 Å². The van der Waals surface area contributed by atoms with Gasteiger partial charge in [0, 0.05) is 12.6 Å². The number of nitriles is 1. The minimum Gasteiger partial charge on any atom is -0.384 e. The summed E-state index contributed by atoms with van der Waals surface area (Å²) >= 11 is 1.45. The summed E-state index contributed by atoms with van der Waals surface area (Å²) in [4.78, 5) is 12.8. The van der Waals surface area contributed by atoms with E-state index in [-0.39, 0.29) is 10.9 Å². The van der Waals surface area contributed by atoms with E-state index in [1.807, 2.05) is 19.2 Å². The lowest BCUT2D eigenvalue weighted by molar-refractivity contribution is 0.933. The van der Waals surface area contributed by atoms with Gasteiger partial charge in [0.15, 0.2) is 5.16 Å². The van der Waals surface area contributed by atoms with E-state index in [2.05, 4.69) is 26.3 Å². The average molecular weight is 298 g/mol. The van der Waals surface area contributed by atoms with Crippen LogP contribution < -0.4 is 11.1 Å². The topological polar surface area (TPSA) is 101 Å². The molecular weight excluding hydrogens is 284 g/mol. The van der Waals surface area contributed by atoms with Crippen molar-refractivity contribution in [1.29, 1.82) is 5.26 Å². The summed E-state index contributed by atoms with van der Waals surface area (Å²) in [6.07, 6.45) is 2.89. The number of fused-ring (bicyclic) bond motifs is 1. The van der Waals surface area contributed by atoms with Crippen LogP contribution in [0.5, 0.6) is 0 Å². The van der Waals surface area contributed by atoms with Crippen molar-refractivity contribution >= 4 is 23.3 Å². The monoisotopic (exact) mass is 298 g/mol. The summed E-state index contributed by atoms with van der Waals surface area (Å²) in [6.45, 7) is 3.01. The number of nitrogen functional groups attached to an aromatic ring is 1. The Bertz CT molecular complexity index is 724. The molecule has 0 saturated heterocycles. The zero-order chi connectivity index (χ0) is 14.8. The number of hydrogen-bond donors (Lipinski definition) is 2. The van der Waals surface area contributed by atoms with E-state index in [0.717, 1.165) is 24.3 Å². The van der Waals surface area contributed by atoms with Gasteiger partial charge in [-0.1, -0.05) is 11.8 Å². The number of hydrogen-bond acceptors (Lipinski definition) is 7. The molecule has 2 aromatic rings. The molecule has 0 radical (unpaired) electrons. The Morgan fingerprint density at radius 2 is 2.29 bits per heavy atom. The predicted octanol–water partition coefficient (Wildman–Crippen LogP) is 2.15. The molecule has 6 nitrogen and oxygen atoms in total. The first kappa shape index (κ1) is 13.6. The summed E-state index contributed by atoms with van der Waals surface area (Å²) in [6, 6.07) is 5.57. The number of thioether (sulfide) groups is 1. The summed E-state index contributed by atoms with van der Waals surface area (Å²) < 4.78 is 0. The van der Waals surface area contributed by atoms with Gasteiger partial charge in [-0.05, 0) is 25.0 Å². The van der Waals surface area contributed by atoms with Crippen molar-refractivity contribution in [1.82, 2.24) is 15.0 Å². The fourth-order valence-corrected chi connectivity index (χ4v) is 3.08. The molecule has 2 aromatic heterocycles. The average Bonchev–Trinajstić information content (AvgIpc) is 2.93. The first-order chi connectivity index (χ1) is 10.2. The van der Waals surface area contributed by atoms with E-state index < -0.39 is 0 Å². The Morgan fingerprint density at radius 3 is 3.10 bits per heavy atom. The van der Waals surface area contributed by atoms with Gasteiger partial charge in [0.2, 0.25) is 0 Å². The summed E-state index contributed by atoms with van der Waals surface area (Å²) in [5.41, 5.74) is 9.35. The van der Waals surface area contributed by atoms with Crippen LogP contribution in [0.2, 0.25) is 0 Å². The highest BCUT2D eigenvalue weighted by Crippen LogP contribution is 2.34. The van der Waals surface area contributed by atoms with Crippen molar-refractivity contribution in [3.63, 3.8) is 0 Å². The molecule has 3 heterocycles. The molecule has 3 N–H and O–H groups in total. The van der Waals surface area contributed by atoms with Crippen molar-refractivity contribution < 1.29 is 0 Å². The van der Waals surface area contributed by atoms with Crippen LogP contribution in [0.4, 0.5) is 11.5 Å². The third-order valence-electron chi connectivity index (χ3n) is 3.26. The largest absolute Gasteiger partial charge is 0.384 e. The Morgan fingerprint density at radius 1 is 1.43 bits per heavy atom. The fraction of sp³-hybridized carbons (Fsp3) is 0.286. The maximum atomic E-state index is 8.92. The van der Waals surface area contributed by atoms with Crippen LogP contribution in [0, 0.1) is 11.3 Å². The molecule has 7 heteroatoms. The second-order valence-corrected chi connectivity index (χ2v) is 6.08. The lowest BCUT2D eigenvalue weighted by atomic mass is 10.1. The van der Waals surface area contributed by atoms with Gasteiger partial charge in [-0.15, -0.1) is 0 Å². The lowest BCUT2D eigenvalue weighted by Crippen LogP contribution is -2.00. The third-order valence-corrected chi connectivity index (χ3v) is 4.25. The molecule has 0 spiro atoms. The van der Waals surface area contributed by atoms with Gasteiger partial charge >= 0.3 is 0 Å². The van der Waals surface area contributed by atoms with Crippen LogP contribution in [0.25, 0.3) is 0 Å². The lowest BCUT2D eigenvalue weighted by Gasteiger charge is -2.11. The van der Waals surface area contributed by atoms with Crippen molar-refractivity contribution in [2.45, 2.75) is 23.8 Å². The first-order valence-corrected chi connectivity index (χ1v) is 7.47. The molecular formula is C14H14N6S. The number of nitrogens with one attached hydrogen (secondary N) is 1. The molecule has 0 fully saturated rings. The van der Waals surface area contributed by atoms with Gasteiger partial charge in [-0.2, -0.15) is 5.26 Å². The van der Waals surface area contributed by atoms with E-state index in [9.17, 15) is 0 Å². The second kappa shape index (κ2) is 5.58. The van der Waals surface area contributed by atoms with Crippen LogP contribution in [-0.4, -0.2) is 21.5 Å². The number of anilines is 2. The zero-order valence-electron chi connectivity index (χ0n) is 11.5. The molecule has 1 aliphatic heterocycles. The minimum atomic E-state index is 0.0873. The van der Waals surface area contributed by atoms with Crippen molar-refractivity contribution in [2.24, 2.45) is 0 Å². The molecule has 1 aliphatic rings. The third kappa shape index (κ3) is 2.90. The summed E-state index contributed by atoms with van der Waals surface area (Å²) in [7, 11) is 0. The Kier molecular flexibility index (Phi) is 3.62. The maximum absolute atomic E-state index is 8.92. The van der Waals surface area contributed by atoms with Crippen molar-refractivity contribution in [3.8, 4) is 6.07 Å². The normalized spacial score (nSPS) is 14.1. The van der Waals surface area contributed by atoms with E-state index >= 15 is 0 Å². The maximum Gasteiger partial charge on any atom is 0.191 e. The van der Waals surface area contributed by atoms with Gasteiger partial charge in [0.1, 0.15) is 17.6 Å². The highest BCUT2D eigenvalue weighted by atomic mass is 32.2. The second-order valence-electron chi connectivity index (χ2n) is 4.78. The molecule has 0 amide bonds. The quantitative estimate of drug-likeness (QED) is 0.661. The van der Waals surface area contributed by atoms with Crippen LogP contribution in [-0.2, 0) is 6.42 Å². The Labute approximate surface area is 126 Å². The zero-order valence-corrected chi connectivity index (χ0v) is 12.3. The smallest absolute Gasteiger partial charge is 0.191 e.